The van der Waals surface area contributed by atoms with Crippen molar-refractivity contribution in [2.45, 2.75) is 32.1 Å². The SMILES string of the molecule is O=C(c1sccc1Br)C1CCCCC1. The molecule has 1 aliphatic rings. The van der Waals surface area contributed by atoms with Crippen LogP contribution in [0.2, 0.25) is 0 Å². The van der Waals surface area contributed by atoms with Gasteiger partial charge in [-0.25, -0.2) is 0 Å². The predicted octanol–water partition coefficient (Wildman–Crippen LogP) is 4.27. The number of hydrogen-bond acceptors (Lipinski definition) is 2. The predicted molar refractivity (Wildman–Crippen MR) is 62.9 cm³/mol. The van der Waals surface area contributed by atoms with Crippen molar-refractivity contribution in [1.29, 1.82) is 0 Å². The van der Waals surface area contributed by atoms with Gasteiger partial charge in [-0.1, -0.05) is 19.3 Å². The summed E-state index contributed by atoms with van der Waals surface area (Å²) in [7, 11) is 0. The molecule has 0 aliphatic heterocycles. The molecule has 3 heteroatoms. The Morgan fingerprint density at radius 2 is 2.07 bits per heavy atom. The molecular weight excluding hydrogens is 260 g/mol. The zero-order valence-electron chi connectivity index (χ0n) is 7.96. The Kier molecular flexibility index (Phi) is 3.39. The van der Waals surface area contributed by atoms with Crippen LogP contribution in [0.5, 0.6) is 0 Å². The maximum absolute atomic E-state index is 12.1. The van der Waals surface area contributed by atoms with Crippen molar-refractivity contribution in [3.05, 3.63) is 20.8 Å². The Morgan fingerprint density at radius 1 is 1.36 bits per heavy atom. The van der Waals surface area contributed by atoms with Crippen LogP contribution in [0.25, 0.3) is 0 Å². The standard InChI is InChI=1S/C11H13BrOS/c12-9-6-7-14-11(9)10(13)8-4-2-1-3-5-8/h6-8H,1-5H2. The third-order valence-corrected chi connectivity index (χ3v) is 4.67. The van der Waals surface area contributed by atoms with Gasteiger partial charge in [0.1, 0.15) is 0 Å². The van der Waals surface area contributed by atoms with Crippen molar-refractivity contribution in [2.24, 2.45) is 5.92 Å². The van der Waals surface area contributed by atoms with E-state index in [-0.39, 0.29) is 0 Å². The molecule has 1 aromatic rings. The molecule has 0 radical (unpaired) electrons. The number of carbonyl (C=O) groups excluding carboxylic acids is 1. The number of rotatable bonds is 2. The van der Waals surface area contributed by atoms with E-state index in [0.29, 0.717) is 11.7 Å². The van der Waals surface area contributed by atoms with E-state index in [1.807, 2.05) is 11.4 Å². The summed E-state index contributed by atoms with van der Waals surface area (Å²) >= 11 is 4.98. The van der Waals surface area contributed by atoms with E-state index in [9.17, 15) is 4.79 Å². The van der Waals surface area contributed by atoms with Gasteiger partial charge in [-0.15, -0.1) is 11.3 Å². The summed E-state index contributed by atoms with van der Waals surface area (Å²) in [6, 6.07) is 1.96. The van der Waals surface area contributed by atoms with E-state index in [4.69, 9.17) is 0 Å². The lowest BCUT2D eigenvalue weighted by Gasteiger charge is -2.19. The van der Waals surface area contributed by atoms with Gasteiger partial charge >= 0.3 is 0 Å². The van der Waals surface area contributed by atoms with Gasteiger partial charge in [0.15, 0.2) is 5.78 Å². The first-order valence-electron chi connectivity index (χ1n) is 5.06. The number of thiophene rings is 1. The first kappa shape index (κ1) is 10.4. The van der Waals surface area contributed by atoms with Gasteiger partial charge in [0.2, 0.25) is 0 Å². The highest BCUT2D eigenvalue weighted by Crippen LogP contribution is 2.31. The highest BCUT2D eigenvalue weighted by atomic mass is 79.9. The van der Waals surface area contributed by atoms with Crippen LogP contribution in [0.1, 0.15) is 41.8 Å². The van der Waals surface area contributed by atoms with E-state index in [1.165, 1.54) is 19.3 Å². The van der Waals surface area contributed by atoms with Crippen LogP contribution >= 0.6 is 27.3 Å². The Bertz CT molecular complexity index is 326. The van der Waals surface area contributed by atoms with Gasteiger partial charge < -0.3 is 0 Å². The second-order valence-electron chi connectivity index (χ2n) is 3.80. The van der Waals surface area contributed by atoms with Gasteiger partial charge in [0.25, 0.3) is 0 Å². The van der Waals surface area contributed by atoms with Crippen molar-refractivity contribution in [3.8, 4) is 0 Å². The van der Waals surface area contributed by atoms with Crippen molar-refractivity contribution in [3.63, 3.8) is 0 Å². The minimum atomic E-state index is 0.290. The fraction of sp³-hybridized carbons (Fsp3) is 0.545. The minimum Gasteiger partial charge on any atom is -0.293 e. The largest absolute Gasteiger partial charge is 0.293 e. The number of halogens is 1. The summed E-state index contributed by atoms with van der Waals surface area (Å²) in [5, 5.41) is 1.97. The molecule has 0 atom stereocenters. The Balaban J connectivity index is 2.11. The number of ketones is 1. The quantitative estimate of drug-likeness (QED) is 0.735. The van der Waals surface area contributed by atoms with E-state index in [1.54, 1.807) is 11.3 Å². The zero-order chi connectivity index (χ0) is 9.97. The van der Waals surface area contributed by atoms with Crippen molar-refractivity contribution in [1.82, 2.24) is 0 Å². The number of Topliss-reactive ketones (excluding diaryl/α,β-unsaturated/α-hetero) is 1. The fourth-order valence-electron chi connectivity index (χ4n) is 2.02. The summed E-state index contributed by atoms with van der Waals surface area (Å²) in [6.07, 6.45) is 5.92. The second-order valence-corrected chi connectivity index (χ2v) is 5.57. The van der Waals surface area contributed by atoms with Crippen molar-refractivity contribution >= 4 is 33.0 Å². The molecule has 0 aromatic carbocycles. The highest BCUT2D eigenvalue weighted by Gasteiger charge is 2.24. The lowest BCUT2D eigenvalue weighted by molar-refractivity contribution is 0.0893. The Morgan fingerprint density at radius 3 is 2.64 bits per heavy atom. The molecular formula is C11H13BrOS. The lowest BCUT2D eigenvalue weighted by atomic mass is 9.86. The highest BCUT2D eigenvalue weighted by molar-refractivity contribution is 9.10. The van der Waals surface area contributed by atoms with E-state index >= 15 is 0 Å². The van der Waals surface area contributed by atoms with Gasteiger partial charge in [-0.3, -0.25) is 4.79 Å². The van der Waals surface area contributed by atoms with E-state index in [2.05, 4.69) is 15.9 Å². The second kappa shape index (κ2) is 4.58. The maximum Gasteiger partial charge on any atom is 0.176 e. The molecule has 1 nitrogen and oxygen atoms in total. The molecule has 76 valence electrons. The first-order chi connectivity index (χ1) is 6.79. The van der Waals surface area contributed by atoms with Crippen LogP contribution in [0.4, 0.5) is 0 Å². The molecule has 0 bridgehead atoms. The van der Waals surface area contributed by atoms with Gasteiger partial charge in [-0.05, 0) is 40.2 Å². The van der Waals surface area contributed by atoms with E-state index in [0.717, 1.165) is 22.2 Å². The van der Waals surface area contributed by atoms with Crippen LogP contribution in [0.3, 0.4) is 0 Å². The van der Waals surface area contributed by atoms with Crippen LogP contribution in [-0.2, 0) is 0 Å². The minimum absolute atomic E-state index is 0.290. The van der Waals surface area contributed by atoms with Crippen molar-refractivity contribution < 1.29 is 4.79 Å². The van der Waals surface area contributed by atoms with Crippen molar-refractivity contribution in [2.75, 3.05) is 0 Å². The fourth-order valence-corrected chi connectivity index (χ4v) is 3.61. The topological polar surface area (TPSA) is 17.1 Å². The normalized spacial score (nSPS) is 18.4. The molecule has 2 rings (SSSR count). The average molecular weight is 273 g/mol. The molecule has 1 aliphatic carbocycles. The molecule has 1 heterocycles. The number of hydrogen-bond donors (Lipinski definition) is 0. The Hall–Kier alpha value is -0.150. The smallest absolute Gasteiger partial charge is 0.176 e. The van der Waals surface area contributed by atoms with E-state index < -0.39 is 0 Å². The zero-order valence-corrected chi connectivity index (χ0v) is 10.4. The van der Waals surface area contributed by atoms with Crippen LogP contribution < -0.4 is 0 Å². The third kappa shape index (κ3) is 2.09. The first-order valence-corrected chi connectivity index (χ1v) is 6.73. The summed E-state index contributed by atoms with van der Waals surface area (Å²) in [4.78, 5) is 13.0. The van der Waals surface area contributed by atoms with Gasteiger partial charge in [0.05, 0.1) is 4.88 Å². The summed E-state index contributed by atoms with van der Waals surface area (Å²) in [5.41, 5.74) is 0. The molecule has 1 aromatic heterocycles. The molecule has 0 N–H and O–H groups in total. The average Bonchev–Trinajstić information content (AvgIpc) is 2.65. The number of carbonyl (C=O) groups is 1. The van der Waals surface area contributed by atoms with Crippen LogP contribution in [-0.4, -0.2) is 5.78 Å². The molecule has 1 fully saturated rings. The molecule has 0 unspecified atom stereocenters. The van der Waals surface area contributed by atoms with Crippen LogP contribution in [0.15, 0.2) is 15.9 Å². The van der Waals surface area contributed by atoms with Crippen LogP contribution in [0, 0.1) is 5.92 Å². The summed E-state index contributed by atoms with van der Waals surface area (Å²) in [6.45, 7) is 0. The molecule has 0 spiro atoms. The Labute approximate surface area is 96.6 Å². The summed E-state index contributed by atoms with van der Waals surface area (Å²) < 4.78 is 0.970. The molecule has 0 saturated heterocycles. The summed E-state index contributed by atoms with van der Waals surface area (Å²) in [5.74, 6) is 0.644. The van der Waals surface area contributed by atoms with Gasteiger partial charge in [0, 0.05) is 10.4 Å². The molecule has 0 amide bonds. The molecule has 1 saturated carbocycles. The molecule has 14 heavy (non-hydrogen) atoms. The van der Waals surface area contributed by atoms with Gasteiger partial charge in [-0.2, -0.15) is 0 Å². The monoisotopic (exact) mass is 272 g/mol. The lowest BCUT2D eigenvalue weighted by Crippen LogP contribution is -2.17. The maximum atomic E-state index is 12.1. The third-order valence-electron chi connectivity index (χ3n) is 2.82.